The quantitative estimate of drug-likeness (QED) is 0.245. The first-order valence-electron chi connectivity index (χ1n) is 7.33. The Morgan fingerprint density at radius 2 is 1.32 bits per heavy atom. The molecule has 2 aromatic rings. The van der Waals surface area contributed by atoms with Gasteiger partial charge in [-0.1, -0.05) is 7.43 Å². The van der Waals surface area contributed by atoms with Gasteiger partial charge in [-0.2, -0.15) is 0 Å². The van der Waals surface area contributed by atoms with Gasteiger partial charge in [0.05, 0.1) is 21.3 Å². The second kappa shape index (κ2) is 20.7. The molecule has 0 atom stereocenters. The lowest BCUT2D eigenvalue weighted by Gasteiger charge is -1.90. The molecule has 0 saturated heterocycles. The first kappa shape index (κ1) is 33.0. The van der Waals surface area contributed by atoms with Gasteiger partial charge in [0.25, 0.3) is 0 Å². The van der Waals surface area contributed by atoms with Crippen molar-refractivity contribution in [2.75, 3.05) is 21.3 Å². The molecule has 0 aromatic carbocycles. The minimum atomic E-state index is -0.475. The largest absolute Gasteiger partial charge is 0.480 e. The Morgan fingerprint density at radius 1 is 0.964 bits per heavy atom. The molecule has 2 heterocycles. The van der Waals surface area contributed by atoms with Crippen LogP contribution in [0.1, 0.15) is 32.2 Å². The predicted octanol–water partition coefficient (Wildman–Crippen LogP) is 1.47. The van der Waals surface area contributed by atoms with Gasteiger partial charge in [0.2, 0.25) is 11.8 Å². The van der Waals surface area contributed by atoms with Gasteiger partial charge in [-0.15, -0.1) is 22.6 Å². The molecular weight excluding hydrogens is 392 g/mol. The zero-order valence-corrected chi connectivity index (χ0v) is 17.2. The Balaban J connectivity index is -0.000000143. The second-order valence-corrected chi connectivity index (χ2v) is 4.64. The van der Waals surface area contributed by atoms with Crippen LogP contribution in [0.2, 0.25) is 0 Å². The number of carbonyl (C=O) groups excluding carboxylic acids is 2. The molecule has 28 heavy (non-hydrogen) atoms. The number of ether oxygens (including phenoxy) is 3. The van der Waals surface area contributed by atoms with Gasteiger partial charge in [0.15, 0.2) is 0 Å². The molecule has 0 bridgehead atoms. The average Bonchev–Trinajstić information content (AvgIpc) is 3.25. The minimum Gasteiger partial charge on any atom is -0.480 e. The highest BCUT2D eigenvalue weighted by atomic mass is 35.5. The van der Waals surface area contributed by atoms with Crippen molar-refractivity contribution in [1.29, 1.82) is 0 Å². The topological polar surface area (TPSA) is 171 Å². The Labute approximate surface area is 171 Å². The molecular formula is C16H33ClN6O5. The van der Waals surface area contributed by atoms with Crippen LogP contribution < -0.4 is 21.2 Å². The van der Waals surface area contributed by atoms with Crippen LogP contribution in [-0.2, 0) is 14.3 Å². The van der Waals surface area contributed by atoms with Gasteiger partial charge in [-0.3, -0.25) is 31.5 Å². The first-order chi connectivity index (χ1) is 12.3. The van der Waals surface area contributed by atoms with Crippen molar-refractivity contribution in [3.05, 3.63) is 23.5 Å². The molecule has 2 aromatic heterocycles. The average molecular weight is 425 g/mol. The lowest BCUT2D eigenvalue weighted by Crippen LogP contribution is -2.05. The number of esters is 1. The molecule has 11 nitrogen and oxygen atoms in total. The molecule has 0 unspecified atom stereocenters. The van der Waals surface area contributed by atoms with Crippen LogP contribution in [0.15, 0.2) is 12.1 Å². The lowest BCUT2D eigenvalue weighted by atomic mass is 10.3. The summed E-state index contributed by atoms with van der Waals surface area (Å²) in [7, 11) is 4.44. The summed E-state index contributed by atoms with van der Waals surface area (Å²) >= 11 is 0. The molecule has 0 amide bonds. The smallest absolute Gasteiger partial charge is 0.313 e. The summed E-state index contributed by atoms with van der Waals surface area (Å²) < 4.78 is 13.8. The standard InChI is InChI=1S/2C5H8N2O.C5H8O3.CH4.ClH.H4N2/c2*1-4-3-5(8-2)7-6-4;1-4(6)3-5(7)8-2;;;1-2/h2*3H,1-2H3,(H,6,7);3H2,1-2H3;1H4;1H;1-2H2. The molecule has 0 aliphatic heterocycles. The number of aromatic amines is 2. The van der Waals surface area contributed by atoms with E-state index in [1.165, 1.54) is 14.0 Å². The van der Waals surface area contributed by atoms with E-state index in [1.54, 1.807) is 14.2 Å². The number of hydrogen-bond acceptors (Lipinski definition) is 9. The zero-order chi connectivity index (χ0) is 20.5. The van der Waals surface area contributed by atoms with Crippen molar-refractivity contribution in [1.82, 2.24) is 20.4 Å². The van der Waals surface area contributed by atoms with E-state index in [0.717, 1.165) is 11.4 Å². The number of aryl methyl sites for hydroxylation is 2. The first-order valence-corrected chi connectivity index (χ1v) is 7.33. The van der Waals surface area contributed by atoms with Gasteiger partial charge in [-0.25, -0.2) is 0 Å². The molecule has 0 radical (unpaired) electrons. The summed E-state index contributed by atoms with van der Waals surface area (Å²) in [6, 6.07) is 3.67. The number of nitrogens with one attached hydrogen (secondary N) is 2. The van der Waals surface area contributed by atoms with Gasteiger partial charge < -0.3 is 14.2 Å². The van der Waals surface area contributed by atoms with E-state index in [4.69, 9.17) is 9.47 Å². The van der Waals surface area contributed by atoms with Crippen LogP contribution in [0.5, 0.6) is 11.8 Å². The Morgan fingerprint density at radius 3 is 1.43 bits per heavy atom. The SMILES string of the molecule is C.COC(=O)CC(C)=O.COc1cc(C)[nH]n1.COc1cc(C)[nH]n1.Cl.NN. The third-order valence-electron chi connectivity index (χ3n) is 2.40. The van der Waals surface area contributed by atoms with E-state index in [9.17, 15) is 9.59 Å². The lowest BCUT2D eigenvalue weighted by molar-refractivity contribution is -0.142. The van der Waals surface area contributed by atoms with Crippen LogP contribution in [0, 0.1) is 13.8 Å². The summed E-state index contributed by atoms with van der Waals surface area (Å²) in [6.07, 6.45) is -0.115. The molecule has 2 rings (SSSR count). The third-order valence-corrected chi connectivity index (χ3v) is 2.40. The van der Waals surface area contributed by atoms with Crippen LogP contribution in [0.3, 0.4) is 0 Å². The van der Waals surface area contributed by atoms with Crippen LogP contribution >= 0.6 is 12.4 Å². The fourth-order valence-electron chi connectivity index (χ4n) is 1.27. The van der Waals surface area contributed by atoms with Gasteiger partial charge in [0, 0.05) is 23.5 Å². The summed E-state index contributed by atoms with van der Waals surface area (Å²) in [5.41, 5.74) is 2.03. The number of halogens is 1. The molecule has 12 heteroatoms. The normalized spacial score (nSPS) is 7.86. The second-order valence-electron chi connectivity index (χ2n) is 4.64. The zero-order valence-electron chi connectivity index (χ0n) is 16.4. The number of H-pyrrole nitrogens is 2. The fourth-order valence-corrected chi connectivity index (χ4v) is 1.27. The predicted molar refractivity (Wildman–Crippen MR) is 109 cm³/mol. The molecule has 0 spiro atoms. The number of nitrogens with two attached hydrogens (primary N) is 2. The van der Waals surface area contributed by atoms with Gasteiger partial charge >= 0.3 is 5.97 Å². The maximum Gasteiger partial charge on any atom is 0.313 e. The van der Waals surface area contributed by atoms with Crippen LogP contribution in [0.4, 0.5) is 0 Å². The molecule has 0 aliphatic rings. The highest BCUT2D eigenvalue weighted by Crippen LogP contribution is 2.04. The van der Waals surface area contributed by atoms with E-state index in [2.05, 4.69) is 36.8 Å². The summed E-state index contributed by atoms with van der Waals surface area (Å²) in [6.45, 7) is 5.20. The third kappa shape index (κ3) is 18.2. The maximum atomic E-state index is 10.2. The summed E-state index contributed by atoms with van der Waals surface area (Å²) in [5.74, 6) is 8.64. The van der Waals surface area contributed by atoms with Crippen LogP contribution in [0.25, 0.3) is 0 Å². The number of ketones is 1. The van der Waals surface area contributed by atoms with E-state index < -0.39 is 5.97 Å². The summed E-state index contributed by atoms with van der Waals surface area (Å²) in [5, 5.41) is 13.1. The van der Waals surface area contributed by atoms with Crippen molar-refractivity contribution >= 4 is 24.2 Å². The molecule has 6 N–H and O–H groups in total. The molecule has 164 valence electrons. The van der Waals surface area contributed by atoms with Crippen molar-refractivity contribution in [2.24, 2.45) is 11.7 Å². The minimum absolute atomic E-state index is 0. The maximum absolute atomic E-state index is 10.2. The summed E-state index contributed by atoms with van der Waals surface area (Å²) in [4.78, 5) is 20.3. The monoisotopic (exact) mass is 424 g/mol. The van der Waals surface area contributed by atoms with E-state index in [1.807, 2.05) is 26.0 Å². The van der Waals surface area contributed by atoms with Gasteiger partial charge in [0.1, 0.15) is 12.2 Å². The van der Waals surface area contributed by atoms with Crippen LogP contribution in [-0.4, -0.2) is 53.5 Å². The number of Topliss-reactive ketones (excluding diaryl/α,β-unsaturated/α-hetero) is 1. The molecule has 0 saturated carbocycles. The van der Waals surface area contributed by atoms with Crippen molar-refractivity contribution in [3.63, 3.8) is 0 Å². The van der Waals surface area contributed by atoms with Gasteiger partial charge in [-0.05, 0) is 20.8 Å². The van der Waals surface area contributed by atoms with Crippen molar-refractivity contribution < 1.29 is 23.8 Å². The number of hydrazine groups is 1. The number of aromatic nitrogens is 4. The van der Waals surface area contributed by atoms with Crippen molar-refractivity contribution in [3.8, 4) is 11.8 Å². The Bertz CT molecular complexity index is 592. The Hall–Kier alpha value is -2.63. The number of methoxy groups -OCH3 is 3. The highest BCUT2D eigenvalue weighted by molar-refractivity contribution is 5.93. The number of carbonyl (C=O) groups is 2. The number of hydrogen-bond donors (Lipinski definition) is 4. The fraction of sp³-hybridized carbons (Fsp3) is 0.500. The van der Waals surface area contributed by atoms with E-state index in [0.29, 0.717) is 11.8 Å². The highest BCUT2D eigenvalue weighted by Gasteiger charge is 2.01. The molecule has 0 aliphatic carbocycles. The Kier molecular flexibility index (Phi) is 24.4. The number of nitrogens with zero attached hydrogens (tertiary/aromatic N) is 2. The number of rotatable bonds is 4. The van der Waals surface area contributed by atoms with Crippen molar-refractivity contribution in [2.45, 2.75) is 34.6 Å². The van der Waals surface area contributed by atoms with E-state index >= 15 is 0 Å². The van der Waals surface area contributed by atoms with E-state index in [-0.39, 0.29) is 32.0 Å². The molecule has 0 fully saturated rings.